The molecular formula is C20H20N2O7S. The van der Waals surface area contributed by atoms with Gasteiger partial charge in [0.1, 0.15) is 4.90 Å². The van der Waals surface area contributed by atoms with Crippen LogP contribution in [0.2, 0.25) is 0 Å². The fourth-order valence-electron chi connectivity index (χ4n) is 3.59. The first kappa shape index (κ1) is 20.2. The van der Waals surface area contributed by atoms with E-state index >= 15 is 0 Å². The fraction of sp³-hybridized carbons (Fsp3) is 0.300. The summed E-state index contributed by atoms with van der Waals surface area (Å²) < 4.78 is 45.0. The predicted molar refractivity (Wildman–Crippen MR) is 106 cm³/mol. The van der Waals surface area contributed by atoms with E-state index in [2.05, 4.69) is 4.72 Å². The maximum Gasteiger partial charge on any atom is 0.257 e. The number of carbonyl (C=O) groups is 2. The zero-order valence-corrected chi connectivity index (χ0v) is 17.2. The van der Waals surface area contributed by atoms with Gasteiger partial charge in [0, 0.05) is 19.2 Å². The van der Waals surface area contributed by atoms with Crippen molar-refractivity contribution in [1.82, 2.24) is 9.62 Å². The van der Waals surface area contributed by atoms with Gasteiger partial charge < -0.3 is 19.1 Å². The van der Waals surface area contributed by atoms with E-state index in [0.717, 1.165) is 0 Å². The Morgan fingerprint density at radius 3 is 2.60 bits per heavy atom. The monoisotopic (exact) mass is 432 g/mol. The van der Waals surface area contributed by atoms with Gasteiger partial charge in [0.05, 0.1) is 19.2 Å². The van der Waals surface area contributed by atoms with Crippen molar-refractivity contribution < 1.29 is 32.2 Å². The molecule has 2 aromatic carbocycles. The molecule has 2 aliphatic rings. The third kappa shape index (κ3) is 3.27. The fourth-order valence-corrected chi connectivity index (χ4v) is 4.98. The minimum Gasteiger partial charge on any atom is -0.492 e. The molecule has 30 heavy (non-hydrogen) atoms. The summed E-state index contributed by atoms with van der Waals surface area (Å²) in [6.45, 7) is -0.305. The van der Waals surface area contributed by atoms with Crippen LogP contribution in [-0.2, 0) is 16.4 Å². The second-order valence-electron chi connectivity index (χ2n) is 6.87. The summed E-state index contributed by atoms with van der Waals surface area (Å²) in [5, 5.41) is 0. The highest BCUT2D eigenvalue weighted by atomic mass is 32.2. The number of ether oxygens (including phenoxy) is 3. The van der Waals surface area contributed by atoms with Crippen LogP contribution in [0.1, 0.15) is 26.3 Å². The number of sulfonamides is 1. The molecule has 10 heteroatoms. The first-order chi connectivity index (χ1) is 14.3. The normalized spacial score (nSPS) is 15.1. The molecule has 0 spiro atoms. The number of nitrogens with one attached hydrogen (secondary N) is 1. The van der Waals surface area contributed by atoms with Crippen molar-refractivity contribution in [1.29, 1.82) is 0 Å². The lowest BCUT2D eigenvalue weighted by Gasteiger charge is -2.28. The molecule has 158 valence electrons. The van der Waals surface area contributed by atoms with Crippen LogP contribution in [-0.4, -0.2) is 59.0 Å². The zero-order valence-electron chi connectivity index (χ0n) is 16.4. The van der Waals surface area contributed by atoms with E-state index in [9.17, 15) is 18.0 Å². The van der Waals surface area contributed by atoms with Gasteiger partial charge in [-0.3, -0.25) is 9.59 Å². The predicted octanol–water partition coefficient (Wildman–Crippen LogP) is 1.21. The van der Waals surface area contributed by atoms with Gasteiger partial charge in [-0.2, -0.15) is 0 Å². The molecule has 1 N–H and O–H groups in total. The van der Waals surface area contributed by atoms with E-state index in [4.69, 9.17) is 14.2 Å². The molecule has 1 amide bonds. The van der Waals surface area contributed by atoms with Crippen LogP contribution in [0.5, 0.6) is 17.2 Å². The third-order valence-electron chi connectivity index (χ3n) is 5.08. The standard InChI is InChI=1S/C20H20N2O7S/c1-22-9-8-13-15(20(22)24)16(27-2)17-18(29-11-28-17)19(13)30(25,26)21-10-14(23)12-6-4-3-5-7-12/h3-7,21H,8-11H2,1-2H3. The highest BCUT2D eigenvalue weighted by Crippen LogP contribution is 2.51. The van der Waals surface area contributed by atoms with E-state index in [-0.39, 0.29) is 52.6 Å². The van der Waals surface area contributed by atoms with Gasteiger partial charge in [-0.25, -0.2) is 13.1 Å². The third-order valence-corrected chi connectivity index (χ3v) is 6.57. The number of methoxy groups -OCH3 is 1. The Bertz CT molecular complexity index is 1130. The Balaban J connectivity index is 1.78. The second-order valence-corrected chi connectivity index (χ2v) is 8.57. The van der Waals surface area contributed by atoms with Crippen molar-refractivity contribution in [2.45, 2.75) is 11.3 Å². The van der Waals surface area contributed by atoms with Crippen LogP contribution in [0.4, 0.5) is 0 Å². The minimum atomic E-state index is -4.20. The van der Waals surface area contributed by atoms with Gasteiger partial charge >= 0.3 is 0 Å². The van der Waals surface area contributed by atoms with Crippen molar-refractivity contribution in [3.05, 3.63) is 47.0 Å². The van der Waals surface area contributed by atoms with Crippen LogP contribution >= 0.6 is 0 Å². The van der Waals surface area contributed by atoms with Crippen molar-refractivity contribution in [2.24, 2.45) is 0 Å². The lowest BCUT2D eigenvalue weighted by Crippen LogP contribution is -2.37. The molecular weight excluding hydrogens is 412 g/mol. The SMILES string of the molecule is COc1c2c(c(S(=O)(=O)NCC(=O)c3ccccc3)c3c1C(=O)N(C)CC3)OCO2. The molecule has 9 nitrogen and oxygen atoms in total. The Morgan fingerprint density at radius 2 is 1.90 bits per heavy atom. The zero-order chi connectivity index (χ0) is 21.5. The average molecular weight is 432 g/mol. The van der Waals surface area contributed by atoms with E-state index in [1.54, 1.807) is 37.4 Å². The van der Waals surface area contributed by atoms with E-state index < -0.39 is 16.6 Å². The molecule has 2 aromatic rings. The van der Waals surface area contributed by atoms with Gasteiger partial charge in [0.2, 0.25) is 22.6 Å². The summed E-state index contributed by atoms with van der Waals surface area (Å²) in [5.74, 6) is -0.556. The number of benzene rings is 2. The van der Waals surface area contributed by atoms with E-state index in [1.807, 2.05) is 0 Å². The Labute approximate surface area is 173 Å². The average Bonchev–Trinajstić information content (AvgIpc) is 3.22. The van der Waals surface area contributed by atoms with Crippen LogP contribution < -0.4 is 18.9 Å². The molecule has 0 bridgehead atoms. The maximum atomic E-state index is 13.2. The Hall–Kier alpha value is -3.11. The number of Topliss-reactive ketones (excluding diaryl/α,β-unsaturated/α-hetero) is 1. The quantitative estimate of drug-likeness (QED) is 0.683. The number of carbonyl (C=O) groups excluding carboxylic acids is 2. The van der Waals surface area contributed by atoms with E-state index in [1.165, 1.54) is 12.0 Å². The lowest BCUT2D eigenvalue weighted by molar-refractivity contribution is 0.0774. The first-order valence-corrected chi connectivity index (χ1v) is 10.7. The minimum absolute atomic E-state index is 0.0115. The smallest absolute Gasteiger partial charge is 0.257 e. The number of ketones is 1. The largest absolute Gasteiger partial charge is 0.492 e. The number of nitrogens with zero attached hydrogens (tertiary/aromatic N) is 1. The molecule has 2 aliphatic heterocycles. The van der Waals surface area contributed by atoms with E-state index in [0.29, 0.717) is 17.7 Å². The molecule has 0 unspecified atom stereocenters. The summed E-state index contributed by atoms with van der Waals surface area (Å²) >= 11 is 0. The first-order valence-electron chi connectivity index (χ1n) is 9.21. The Kier molecular flexibility index (Phi) is 5.12. The Morgan fingerprint density at radius 1 is 1.20 bits per heavy atom. The highest BCUT2D eigenvalue weighted by molar-refractivity contribution is 7.89. The van der Waals surface area contributed by atoms with Gasteiger partial charge in [0.25, 0.3) is 5.91 Å². The van der Waals surface area contributed by atoms with Crippen molar-refractivity contribution >= 4 is 21.7 Å². The molecule has 0 atom stereocenters. The van der Waals surface area contributed by atoms with Crippen molar-refractivity contribution in [3.63, 3.8) is 0 Å². The van der Waals surface area contributed by atoms with Crippen LogP contribution in [0.25, 0.3) is 0 Å². The molecule has 0 aromatic heterocycles. The second kappa shape index (κ2) is 7.62. The summed E-state index contributed by atoms with van der Waals surface area (Å²) in [4.78, 5) is 26.5. The number of hydrogen-bond acceptors (Lipinski definition) is 7. The number of fused-ring (bicyclic) bond motifs is 2. The number of hydrogen-bond donors (Lipinski definition) is 1. The van der Waals surface area contributed by atoms with Gasteiger partial charge in [0.15, 0.2) is 17.3 Å². The molecule has 4 rings (SSSR count). The molecule has 0 fully saturated rings. The topological polar surface area (TPSA) is 111 Å². The maximum absolute atomic E-state index is 13.2. The molecule has 2 heterocycles. The summed E-state index contributed by atoms with van der Waals surface area (Å²) in [5.41, 5.74) is 0.808. The number of rotatable bonds is 6. The molecule has 0 saturated carbocycles. The highest BCUT2D eigenvalue weighted by Gasteiger charge is 2.40. The summed E-state index contributed by atoms with van der Waals surface area (Å²) in [6.07, 6.45) is 0.285. The van der Waals surface area contributed by atoms with Gasteiger partial charge in [-0.15, -0.1) is 0 Å². The van der Waals surface area contributed by atoms with Gasteiger partial charge in [-0.05, 0) is 12.0 Å². The lowest BCUT2D eigenvalue weighted by atomic mass is 9.97. The van der Waals surface area contributed by atoms with Crippen LogP contribution in [0, 0.1) is 0 Å². The van der Waals surface area contributed by atoms with Crippen molar-refractivity contribution in [3.8, 4) is 17.2 Å². The summed E-state index contributed by atoms with van der Waals surface area (Å²) in [6, 6.07) is 8.37. The molecule has 0 radical (unpaired) electrons. The number of likely N-dealkylation sites (N-methyl/N-ethyl adjacent to an activating group) is 1. The van der Waals surface area contributed by atoms with Crippen molar-refractivity contribution in [2.75, 3.05) is 34.0 Å². The molecule has 0 saturated heterocycles. The van der Waals surface area contributed by atoms with Crippen LogP contribution in [0.3, 0.4) is 0 Å². The van der Waals surface area contributed by atoms with Crippen LogP contribution in [0.15, 0.2) is 35.2 Å². The van der Waals surface area contributed by atoms with Gasteiger partial charge in [-0.1, -0.05) is 30.3 Å². The molecule has 0 aliphatic carbocycles. The number of amides is 1. The summed E-state index contributed by atoms with van der Waals surface area (Å²) in [7, 11) is -1.19.